The van der Waals surface area contributed by atoms with Gasteiger partial charge < -0.3 is 10.0 Å². The molecule has 0 fully saturated rings. The quantitative estimate of drug-likeness (QED) is 0.928. The minimum atomic E-state index is -0.928. The Morgan fingerprint density at radius 2 is 1.80 bits per heavy atom. The summed E-state index contributed by atoms with van der Waals surface area (Å²) in [6, 6.07) is 13.8. The number of hydrogen-bond acceptors (Lipinski definition) is 3. The van der Waals surface area contributed by atoms with Crippen molar-refractivity contribution >= 4 is 11.4 Å². The first-order valence-corrected chi connectivity index (χ1v) is 6.25. The average Bonchev–Trinajstić information content (AvgIpc) is 2.45. The fraction of sp³-hybridized carbons (Fsp3) is 0.188. The minimum Gasteiger partial charge on any atom is -0.389 e. The Hall–Kier alpha value is -2.38. The third-order valence-electron chi connectivity index (χ3n) is 3.19. The first-order chi connectivity index (χ1) is 9.56. The summed E-state index contributed by atoms with van der Waals surface area (Å²) in [5, 5.41) is 18.9. The molecule has 0 amide bonds. The van der Waals surface area contributed by atoms with Crippen LogP contribution in [0.25, 0.3) is 0 Å². The number of halogens is 1. The number of nitrogens with zero attached hydrogens (tertiary/aromatic N) is 2. The summed E-state index contributed by atoms with van der Waals surface area (Å²) in [7, 11) is 1.75. The molecule has 0 bridgehead atoms. The number of anilines is 2. The molecule has 3 nitrogen and oxygen atoms in total. The van der Waals surface area contributed by atoms with Crippen molar-refractivity contribution in [1.82, 2.24) is 0 Å². The van der Waals surface area contributed by atoms with Crippen LogP contribution < -0.4 is 4.90 Å². The SMILES string of the molecule is C[C@H](O)c1c(F)cccc1N(C)c1ccccc1C#N. The lowest BCUT2D eigenvalue weighted by Gasteiger charge is -2.24. The molecule has 0 aliphatic rings. The van der Waals surface area contributed by atoms with E-state index >= 15 is 0 Å². The molecule has 102 valence electrons. The third-order valence-corrected chi connectivity index (χ3v) is 3.19. The van der Waals surface area contributed by atoms with Crippen LogP contribution in [-0.2, 0) is 0 Å². The first kappa shape index (κ1) is 14.0. The van der Waals surface area contributed by atoms with Gasteiger partial charge in [-0.25, -0.2) is 4.39 Å². The summed E-state index contributed by atoms with van der Waals surface area (Å²) >= 11 is 0. The van der Waals surface area contributed by atoms with E-state index in [1.54, 1.807) is 42.3 Å². The van der Waals surface area contributed by atoms with E-state index in [4.69, 9.17) is 5.26 Å². The number of aliphatic hydroxyl groups is 1. The molecule has 2 rings (SSSR count). The topological polar surface area (TPSA) is 47.3 Å². The molecule has 1 N–H and O–H groups in total. The lowest BCUT2D eigenvalue weighted by atomic mass is 10.1. The summed E-state index contributed by atoms with van der Waals surface area (Å²) in [5.41, 5.74) is 1.93. The van der Waals surface area contributed by atoms with Crippen LogP contribution in [0.5, 0.6) is 0 Å². The van der Waals surface area contributed by atoms with Gasteiger partial charge in [-0.05, 0) is 31.2 Å². The lowest BCUT2D eigenvalue weighted by molar-refractivity contribution is 0.194. The van der Waals surface area contributed by atoms with Crippen molar-refractivity contribution in [2.24, 2.45) is 0 Å². The monoisotopic (exact) mass is 270 g/mol. The van der Waals surface area contributed by atoms with E-state index in [0.29, 0.717) is 16.9 Å². The molecule has 0 radical (unpaired) electrons. The van der Waals surface area contributed by atoms with E-state index in [9.17, 15) is 9.50 Å². The zero-order chi connectivity index (χ0) is 14.7. The van der Waals surface area contributed by atoms with Gasteiger partial charge >= 0.3 is 0 Å². The van der Waals surface area contributed by atoms with Crippen molar-refractivity contribution in [1.29, 1.82) is 5.26 Å². The number of nitriles is 1. The minimum absolute atomic E-state index is 0.225. The third kappa shape index (κ3) is 2.49. The van der Waals surface area contributed by atoms with E-state index in [1.807, 2.05) is 6.07 Å². The van der Waals surface area contributed by atoms with E-state index in [2.05, 4.69) is 6.07 Å². The van der Waals surface area contributed by atoms with Gasteiger partial charge in [0.2, 0.25) is 0 Å². The molecular weight excluding hydrogens is 255 g/mol. The Bertz CT molecular complexity index is 662. The summed E-state index contributed by atoms with van der Waals surface area (Å²) in [6.45, 7) is 1.52. The van der Waals surface area contributed by atoms with Gasteiger partial charge in [0.1, 0.15) is 11.9 Å². The molecule has 0 aromatic heterocycles. The van der Waals surface area contributed by atoms with Gasteiger partial charge in [-0.3, -0.25) is 0 Å². The Labute approximate surface area is 117 Å². The van der Waals surface area contributed by atoms with Crippen molar-refractivity contribution in [2.75, 3.05) is 11.9 Å². The van der Waals surface area contributed by atoms with Crippen LogP contribution >= 0.6 is 0 Å². The van der Waals surface area contributed by atoms with Crippen LogP contribution in [0, 0.1) is 17.1 Å². The molecule has 4 heteroatoms. The maximum absolute atomic E-state index is 13.9. The van der Waals surface area contributed by atoms with Crippen LogP contribution in [0.3, 0.4) is 0 Å². The number of aliphatic hydroxyl groups excluding tert-OH is 1. The highest BCUT2D eigenvalue weighted by atomic mass is 19.1. The Kier molecular flexibility index (Phi) is 4.02. The van der Waals surface area contributed by atoms with E-state index in [1.165, 1.54) is 13.0 Å². The average molecular weight is 270 g/mol. The molecule has 0 aliphatic heterocycles. The standard InChI is InChI=1S/C16H15FN2O/c1-11(20)16-13(17)7-5-9-15(16)19(2)14-8-4-3-6-12(14)10-18/h3-9,11,20H,1-2H3/t11-/m0/s1. The van der Waals surface area contributed by atoms with E-state index in [-0.39, 0.29) is 5.56 Å². The van der Waals surface area contributed by atoms with Gasteiger partial charge in [-0.15, -0.1) is 0 Å². The molecule has 0 saturated heterocycles. The first-order valence-electron chi connectivity index (χ1n) is 6.25. The smallest absolute Gasteiger partial charge is 0.131 e. The highest BCUT2D eigenvalue weighted by molar-refractivity contribution is 5.71. The van der Waals surface area contributed by atoms with Crippen LogP contribution in [0.1, 0.15) is 24.2 Å². The van der Waals surface area contributed by atoms with E-state index in [0.717, 1.165) is 0 Å². The fourth-order valence-corrected chi connectivity index (χ4v) is 2.22. The second-order valence-electron chi connectivity index (χ2n) is 4.54. The second kappa shape index (κ2) is 5.72. The summed E-state index contributed by atoms with van der Waals surface area (Å²) in [4.78, 5) is 1.71. The molecule has 2 aromatic rings. The van der Waals surface area contributed by atoms with Crippen molar-refractivity contribution < 1.29 is 9.50 Å². The Morgan fingerprint density at radius 1 is 1.15 bits per heavy atom. The number of para-hydroxylation sites is 1. The summed E-state index contributed by atoms with van der Waals surface area (Å²) in [6.07, 6.45) is -0.928. The lowest BCUT2D eigenvalue weighted by Crippen LogP contribution is -2.15. The van der Waals surface area contributed by atoms with Gasteiger partial charge in [-0.2, -0.15) is 5.26 Å². The largest absolute Gasteiger partial charge is 0.389 e. The molecule has 0 saturated carbocycles. The normalized spacial score (nSPS) is 11.8. The summed E-state index contributed by atoms with van der Waals surface area (Å²) < 4.78 is 13.9. The molecule has 1 atom stereocenters. The number of benzene rings is 2. The highest BCUT2D eigenvalue weighted by Gasteiger charge is 2.18. The number of rotatable bonds is 3. The van der Waals surface area contributed by atoms with Crippen LogP contribution in [0.2, 0.25) is 0 Å². The molecular formula is C16H15FN2O. The van der Waals surface area contributed by atoms with Gasteiger partial charge in [-0.1, -0.05) is 18.2 Å². The van der Waals surface area contributed by atoms with Crippen molar-refractivity contribution in [3.63, 3.8) is 0 Å². The molecule has 2 aromatic carbocycles. The zero-order valence-corrected chi connectivity index (χ0v) is 11.3. The second-order valence-corrected chi connectivity index (χ2v) is 4.54. The van der Waals surface area contributed by atoms with Crippen molar-refractivity contribution in [3.05, 3.63) is 59.4 Å². The van der Waals surface area contributed by atoms with Gasteiger partial charge in [0, 0.05) is 18.3 Å². The van der Waals surface area contributed by atoms with Crippen molar-refractivity contribution in [3.8, 4) is 6.07 Å². The fourth-order valence-electron chi connectivity index (χ4n) is 2.22. The van der Waals surface area contributed by atoms with Gasteiger partial charge in [0.05, 0.1) is 17.4 Å². The Balaban J connectivity index is 2.57. The Morgan fingerprint density at radius 3 is 2.45 bits per heavy atom. The maximum Gasteiger partial charge on any atom is 0.131 e. The molecule has 0 spiro atoms. The van der Waals surface area contributed by atoms with Crippen LogP contribution in [0.15, 0.2) is 42.5 Å². The van der Waals surface area contributed by atoms with Gasteiger partial charge in [0.25, 0.3) is 0 Å². The molecule has 20 heavy (non-hydrogen) atoms. The predicted octanol–water partition coefficient (Wildman–Crippen LogP) is 3.52. The molecule has 0 heterocycles. The summed E-state index contributed by atoms with van der Waals surface area (Å²) in [5.74, 6) is -0.459. The maximum atomic E-state index is 13.9. The molecule has 0 unspecified atom stereocenters. The number of hydrogen-bond donors (Lipinski definition) is 1. The zero-order valence-electron chi connectivity index (χ0n) is 11.3. The highest BCUT2D eigenvalue weighted by Crippen LogP contribution is 2.33. The van der Waals surface area contributed by atoms with Crippen LogP contribution in [-0.4, -0.2) is 12.2 Å². The van der Waals surface area contributed by atoms with Crippen molar-refractivity contribution in [2.45, 2.75) is 13.0 Å². The van der Waals surface area contributed by atoms with Gasteiger partial charge in [0.15, 0.2) is 0 Å². The molecule has 0 aliphatic carbocycles. The van der Waals surface area contributed by atoms with E-state index < -0.39 is 11.9 Å². The van der Waals surface area contributed by atoms with Crippen LogP contribution in [0.4, 0.5) is 15.8 Å². The predicted molar refractivity (Wildman–Crippen MR) is 76.3 cm³/mol.